The number of hydrogen-bond donors (Lipinski definition) is 1. The van der Waals surface area contributed by atoms with E-state index in [1.54, 1.807) is 7.11 Å². The van der Waals surface area contributed by atoms with E-state index >= 15 is 0 Å². The van der Waals surface area contributed by atoms with E-state index in [4.69, 9.17) is 4.74 Å². The Balaban J connectivity index is 1.99. The first kappa shape index (κ1) is 13.1. The van der Waals surface area contributed by atoms with Crippen LogP contribution in [-0.4, -0.2) is 25.7 Å². The highest BCUT2D eigenvalue weighted by molar-refractivity contribution is 6.09. The van der Waals surface area contributed by atoms with Gasteiger partial charge in [-0.05, 0) is 47.7 Å². The number of hydrogen-bond acceptors (Lipinski definition) is 2. The number of aryl methyl sites for hydroxylation is 2. The summed E-state index contributed by atoms with van der Waals surface area (Å²) >= 11 is 0. The van der Waals surface area contributed by atoms with E-state index < -0.39 is 0 Å². The molecular formula is C17H19NO2. The second kappa shape index (κ2) is 5.25. The summed E-state index contributed by atoms with van der Waals surface area (Å²) in [4.78, 5) is 12.4. The van der Waals surface area contributed by atoms with Crippen molar-refractivity contribution in [3.05, 3.63) is 47.0 Å². The number of ether oxygens (including phenoxy) is 1. The molecule has 2 aromatic carbocycles. The summed E-state index contributed by atoms with van der Waals surface area (Å²) < 4.78 is 5.06. The van der Waals surface area contributed by atoms with E-state index in [1.807, 2.05) is 25.1 Å². The number of rotatable bonds is 4. The van der Waals surface area contributed by atoms with Crippen molar-refractivity contribution in [3.63, 3.8) is 0 Å². The molecule has 20 heavy (non-hydrogen) atoms. The third-order valence-electron chi connectivity index (χ3n) is 3.92. The zero-order valence-corrected chi connectivity index (χ0v) is 11.9. The molecule has 0 aliphatic heterocycles. The number of carbonyl (C=O) groups is 1. The molecule has 0 radical (unpaired) electrons. The van der Waals surface area contributed by atoms with Gasteiger partial charge in [-0.15, -0.1) is 0 Å². The molecule has 2 aromatic rings. The van der Waals surface area contributed by atoms with Crippen molar-refractivity contribution in [2.75, 3.05) is 13.7 Å². The molecule has 3 rings (SSSR count). The van der Waals surface area contributed by atoms with Crippen LogP contribution in [0.15, 0.2) is 30.3 Å². The molecule has 1 aliphatic carbocycles. The van der Waals surface area contributed by atoms with Crippen LogP contribution in [-0.2, 0) is 17.6 Å². The maximum absolute atomic E-state index is 12.4. The Kier molecular flexibility index (Phi) is 3.45. The Labute approximate surface area is 118 Å². The lowest BCUT2D eigenvalue weighted by atomic mass is 9.99. The van der Waals surface area contributed by atoms with Gasteiger partial charge in [-0.2, -0.15) is 0 Å². The van der Waals surface area contributed by atoms with Gasteiger partial charge in [0.15, 0.2) is 0 Å². The highest BCUT2D eigenvalue weighted by Gasteiger charge is 2.19. The maximum Gasteiger partial charge on any atom is 0.252 e. The Bertz CT molecular complexity index is 653. The summed E-state index contributed by atoms with van der Waals surface area (Å²) in [6, 6.07) is 10.3. The summed E-state index contributed by atoms with van der Waals surface area (Å²) in [5, 5.41) is 5.33. The zero-order chi connectivity index (χ0) is 14.1. The van der Waals surface area contributed by atoms with Crippen LogP contribution >= 0.6 is 0 Å². The standard InChI is InChI=1S/C17H19NO2/c1-11(10-20-2)18-17(19)15-9-8-13-7-6-12-4-3-5-14(15)16(12)13/h3-5,8-9,11H,6-7,10H2,1-2H3,(H,18,19)/t11-/m0/s1. The Morgan fingerprint density at radius 3 is 2.75 bits per heavy atom. The number of benzene rings is 2. The monoisotopic (exact) mass is 269 g/mol. The molecule has 104 valence electrons. The fraction of sp³-hybridized carbons (Fsp3) is 0.353. The van der Waals surface area contributed by atoms with Crippen LogP contribution < -0.4 is 5.32 Å². The van der Waals surface area contributed by atoms with Crippen molar-refractivity contribution in [2.24, 2.45) is 0 Å². The van der Waals surface area contributed by atoms with Gasteiger partial charge < -0.3 is 10.1 Å². The Morgan fingerprint density at radius 2 is 2.00 bits per heavy atom. The van der Waals surface area contributed by atoms with Crippen LogP contribution in [0, 0.1) is 0 Å². The number of carbonyl (C=O) groups excluding carboxylic acids is 1. The molecule has 1 amide bonds. The molecule has 0 aromatic heterocycles. The van der Waals surface area contributed by atoms with Gasteiger partial charge in [0.1, 0.15) is 0 Å². The molecule has 0 fully saturated rings. The Hall–Kier alpha value is -1.87. The molecule has 0 heterocycles. The molecule has 0 bridgehead atoms. The van der Waals surface area contributed by atoms with Crippen molar-refractivity contribution in [1.29, 1.82) is 0 Å². The molecule has 1 atom stereocenters. The highest BCUT2D eigenvalue weighted by Crippen LogP contribution is 2.32. The van der Waals surface area contributed by atoms with Crippen LogP contribution in [0.4, 0.5) is 0 Å². The second-order valence-corrected chi connectivity index (χ2v) is 5.44. The van der Waals surface area contributed by atoms with Crippen LogP contribution in [0.3, 0.4) is 0 Å². The third-order valence-corrected chi connectivity index (χ3v) is 3.92. The first-order valence-electron chi connectivity index (χ1n) is 7.04. The lowest BCUT2D eigenvalue weighted by Gasteiger charge is -2.14. The molecule has 0 spiro atoms. The molecule has 0 saturated carbocycles. The number of nitrogens with one attached hydrogen (secondary N) is 1. The van der Waals surface area contributed by atoms with Crippen molar-refractivity contribution in [3.8, 4) is 0 Å². The smallest absolute Gasteiger partial charge is 0.252 e. The van der Waals surface area contributed by atoms with Crippen LogP contribution in [0.2, 0.25) is 0 Å². The predicted octanol–water partition coefficient (Wildman–Crippen LogP) is 2.70. The quantitative estimate of drug-likeness (QED) is 0.926. The van der Waals surface area contributed by atoms with E-state index in [1.165, 1.54) is 16.5 Å². The average Bonchev–Trinajstić information content (AvgIpc) is 2.85. The van der Waals surface area contributed by atoms with Crippen molar-refractivity contribution >= 4 is 16.7 Å². The Morgan fingerprint density at radius 1 is 1.25 bits per heavy atom. The van der Waals surface area contributed by atoms with E-state index in [9.17, 15) is 4.79 Å². The minimum atomic E-state index is -0.0230. The fourth-order valence-electron chi connectivity index (χ4n) is 3.04. The topological polar surface area (TPSA) is 38.3 Å². The van der Waals surface area contributed by atoms with Gasteiger partial charge in [0, 0.05) is 18.7 Å². The van der Waals surface area contributed by atoms with Gasteiger partial charge in [-0.25, -0.2) is 0 Å². The first-order valence-corrected chi connectivity index (χ1v) is 7.04. The van der Waals surface area contributed by atoms with Gasteiger partial charge >= 0.3 is 0 Å². The molecule has 1 N–H and O–H groups in total. The van der Waals surface area contributed by atoms with Crippen molar-refractivity contribution in [1.82, 2.24) is 5.32 Å². The molecule has 1 aliphatic rings. The normalized spacial score (nSPS) is 14.5. The van der Waals surface area contributed by atoms with Gasteiger partial charge in [-0.1, -0.05) is 24.3 Å². The lowest BCUT2D eigenvalue weighted by molar-refractivity contribution is 0.0907. The number of methoxy groups -OCH3 is 1. The predicted molar refractivity (Wildman–Crippen MR) is 80.2 cm³/mol. The zero-order valence-electron chi connectivity index (χ0n) is 11.9. The molecular weight excluding hydrogens is 250 g/mol. The molecule has 3 heteroatoms. The molecule has 0 saturated heterocycles. The number of amides is 1. The summed E-state index contributed by atoms with van der Waals surface area (Å²) in [6.45, 7) is 2.47. The van der Waals surface area contributed by atoms with E-state index in [0.717, 1.165) is 23.8 Å². The van der Waals surface area contributed by atoms with Crippen LogP contribution in [0.1, 0.15) is 28.4 Å². The van der Waals surface area contributed by atoms with E-state index in [0.29, 0.717) is 6.61 Å². The average molecular weight is 269 g/mol. The summed E-state index contributed by atoms with van der Waals surface area (Å²) in [5.41, 5.74) is 3.48. The minimum Gasteiger partial charge on any atom is -0.383 e. The molecule has 0 unspecified atom stereocenters. The van der Waals surface area contributed by atoms with Crippen molar-refractivity contribution in [2.45, 2.75) is 25.8 Å². The third kappa shape index (κ3) is 2.18. The van der Waals surface area contributed by atoms with Gasteiger partial charge in [0.05, 0.1) is 6.61 Å². The van der Waals surface area contributed by atoms with Crippen molar-refractivity contribution < 1.29 is 9.53 Å². The van der Waals surface area contributed by atoms with Gasteiger partial charge in [-0.3, -0.25) is 4.79 Å². The minimum absolute atomic E-state index is 0.00976. The molecule has 3 nitrogen and oxygen atoms in total. The van der Waals surface area contributed by atoms with Crippen LogP contribution in [0.5, 0.6) is 0 Å². The lowest BCUT2D eigenvalue weighted by Crippen LogP contribution is -2.35. The van der Waals surface area contributed by atoms with Crippen LogP contribution in [0.25, 0.3) is 10.8 Å². The summed E-state index contributed by atoms with van der Waals surface area (Å²) in [7, 11) is 1.64. The van der Waals surface area contributed by atoms with E-state index in [-0.39, 0.29) is 11.9 Å². The first-order chi connectivity index (χ1) is 9.70. The van der Waals surface area contributed by atoms with E-state index in [2.05, 4.69) is 17.4 Å². The SMILES string of the molecule is COC[C@H](C)NC(=O)c1ccc2c3c(cccc13)CC2. The fourth-order valence-corrected chi connectivity index (χ4v) is 3.04. The largest absolute Gasteiger partial charge is 0.383 e. The second-order valence-electron chi connectivity index (χ2n) is 5.44. The summed E-state index contributed by atoms with van der Waals surface area (Å²) in [5.74, 6) is -0.0230. The highest BCUT2D eigenvalue weighted by atomic mass is 16.5. The summed E-state index contributed by atoms with van der Waals surface area (Å²) in [6.07, 6.45) is 2.16. The maximum atomic E-state index is 12.4. The van der Waals surface area contributed by atoms with Gasteiger partial charge in [0.25, 0.3) is 5.91 Å². The van der Waals surface area contributed by atoms with Gasteiger partial charge in [0.2, 0.25) is 0 Å².